The van der Waals surface area contributed by atoms with Crippen LogP contribution in [-0.2, 0) is 20.3 Å². The number of fused-ring (bicyclic) bond motifs is 3. The number of nitrogens with zero attached hydrogens (tertiary/aromatic N) is 3. The third-order valence-electron chi connectivity index (χ3n) is 6.25. The van der Waals surface area contributed by atoms with Gasteiger partial charge in [0.25, 0.3) is 5.91 Å². The number of nitrogens with one attached hydrogen (secondary N) is 1. The van der Waals surface area contributed by atoms with Gasteiger partial charge in [-0.25, -0.2) is 13.1 Å². The Kier molecular flexibility index (Phi) is 6.14. The summed E-state index contributed by atoms with van der Waals surface area (Å²) < 4.78 is 33.9. The number of benzene rings is 2. The lowest BCUT2D eigenvalue weighted by molar-refractivity contribution is 0.0298. The van der Waals surface area contributed by atoms with Gasteiger partial charge in [-0.2, -0.15) is 5.10 Å². The van der Waals surface area contributed by atoms with Crippen LogP contribution in [0.3, 0.4) is 0 Å². The number of aromatic nitrogens is 2. The van der Waals surface area contributed by atoms with Crippen molar-refractivity contribution < 1.29 is 17.9 Å². The van der Waals surface area contributed by atoms with Crippen molar-refractivity contribution in [3.63, 3.8) is 0 Å². The lowest BCUT2D eigenvalue weighted by atomic mass is 10.0. The number of rotatable bonds is 6. The van der Waals surface area contributed by atoms with Crippen molar-refractivity contribution in [1.82, 2.24) is 14.7 Å². The molecule has 0 unspecified atom stereocenters. The average molecular weight is 481 g/mol. The van der Waals surface area contributed by atoms with E-state index in [-0.39, 0.29) is 22.2 Å². The lowest BCUT2D eigenvalue weighted by Gasteiger charge is -2.26. The topological polar surface area (TPSA) is 93.5 Å². The molecule has 9 heteroatoms. The van der Waals surface area contributed by atoms with Gasteiger partial charge in [0.2, 0.25) is 0 Å². The first kappa shape index (κ1) is 22.6. The number of anilines is 1. The first-order valence-electron chi connectivity index (χ1n) is 11.6. The highest BCUT2D eigenvalue weighted by molar-refractivity contribution is 7.91. The predicted octanol–water partition coefficient (Wildman–Crippen LogP) is 3.51. The monoisotopic (exact) mass is 480 g/mol. The molecule has 2 aliphatic heterocycles. The highest BCUT2D eigenvalue weighted by atomic mass is 32.2. The van der Waals surface area contributed by atoms with Crippen molar-refractivity contribution in [2.45, 2.75) is 30.4 Å². The van der Waals surface area contributed by atoms with Crippen LogP contribution in [0.15, 0.2) is 53.4 Å². The predicted molar refractivity (Wildman–Crippen MR) is 130 cm³/mol. The van der Waals surface area contributed by atoms with Gasteiger partial charge in [-0.15, -0.1) is 0 Å². The van der Waals surface area contributed by atoms with Crippen LogP contribution in [0.4, 0.5) is 5.69 Å². The Balaban J connectivity index is 1.66. The second-order valence-corrected chi connectivity index (χ2v) is 10.5. The Morgan fingerprint density at radius 2 is 1.88 bits per heavy atom. The number of amides is 1. The molecular weight excluding hydrogens is 452 g/mol. The molecule has 0 spiro atoms. The van der Waals surface area contributed by atoms with Crippen molar-refractivity contribution in [1.29, 1.82) is 0 Å². The number of ether oxygens (including phenoxy) is 1. The van der Waals surface area contributed by atoms with Crippen LogP contribution in [0, 0.1) is 0 Å². The van der Waals surface area contributed by atoms with E-state index in [1.807, 2.05) is 42.5 Å². The number of hydrogen-bond donors (Lipinski definition) is 1. The normalized spacial score (nSPS) is 16.6. The number of unbranched alkanes of at least 4 members (excludes halogenated alkanes) is 1. The number of sulfone groups is 1. The first-order valence-corrected chi connectivity index (χ1v) is 13.3. The molecule has 1 fully saturated rings. The van der Waals surface area contributed by atoms with Crippen LogP contribution in [0.2, 0.25) is 0 Å². The molecule has 0 atom stereocenters. The van der Waals surface area contributed by atoms with E-state index in [1.165, 1.54) is 0 Å². The summed E-state index contributed by atoms with van der Waals surface area (Å²) in [6.45, 7) is 4.73. The van der Waals surface area contributed by atoms with Crippen LogP contribution in [0.1, 0.15) is 35.8 Å². The van der Waals surface area contributed by atoms with E-state index < -0.39 is 9.84 Å². The van der Waals surface area contributed by atoms with E-state index in [1.54, 1.807) is 15.6 Å². The summed E-state index contributed by atoms with van der Waals surface area (Å²) in [5, 5.41) is 8.00. The van der Waals surface area contributed by atoms with Crippen molar-refractivity contribution >= 4 is 21.4 Å². The molecule has 1 saturated heterocycles. The van der Waals surface area contributed by atoms with Crippen molar-refractivity contribution in [2.75, 3.05) is 38.2 Å². The summed E-state index contributed by atoms with van der Waals surface area (Å²) in [4.78, 5) is 15.4. The highest BCUT2D eigenvalue weighted by Crippen LogP contribution is 2.42. The molecule has 0 bridgehead atoms. The maximum atomic E-state index is 13.4. The van der Waals surface area contributed by atoms with Crippen molar-refractivity contribution in [2.24, 2.45) is 0 Å². The number of para-hydroxylation sites is 1. The minimum absolute atomic E-state index is 0.195. The fraction of sp³-hybridized carbons (Fsp3) is 0.360. The van der Waals surface area contributed by atoms with Gasteiger partial charge in [-0.05, 0) is 36.8 Å². The van der Waals surface area contributed by atoms with E-state index in [4.69, 9.17) is 4.74 Å². The van der Waals surface area contributed by atoms with E-state index in [0.717, 1.165) is 30.8 Å². The molecule has 8 nitrogen and oxygen atoms in total. The van der Waals surface area contributed by atoms with Crippen LogP contribution < -0.4 is 5.32 Å². The van der Waals surface area contributed by atoms with Gasteiger partial charge in [-0.1, -0.05) is 31.5 Å². The molecule has 0 saturated carbocycles. The van der Waals surface area contributed by atoms with Crippen LogP contribution in [-0.4, -0.2) is 61.9 Å². The number of morpholine rings is 1. The zero-order chi connectivity index (χ0) is 23.7. The molecule has 178 valence electrons. The second-order valence-electron chi connectivity index (χ2n) is 8.58. The molecular formula is C25H28N4O4S. The molecule has 2 aliphatic rings. The zero-order valence-electron chi connectivity index (χ0n) is 19.2. The largest absolute Gasteiger partial charge is 0.385 e. The van der Waals surface area contributed by atoms with Gasteiger partial charge in [0, 0.05) is 36.4 Å². The standard InChI is InChI=1S/C25H28N4O4S/c1-2-3-11-26-18-9-10-20-22(16-18)34(31,32)17-21-23(25(30)28-12-14-33-15-13-28)27-29(24(20)21)19-7-5-4-6-8-19/h4-10,16,26H,2-3,11-15,17H2,1H3. The molecule has 0 radical (unpaired) electrons. The summed E-state index contributed by atoms with van der Waals surface area (Å²) in [6.07, 6.45) is 2.05. The van der Waals surface area contributed by atoms with Crippen LogP contribution in [0.25, 0.3) is 16.9 Å². The number of carbonyl (C=O) groups is 1. The lowest BCUT2D eigenvalue weighted by Crippen LogP contribution is -2.41. The van der Waals surface area contributed by atoms with E-state index in [0.29, 0.717) is 43.1 Å². The van der Waals surface area contributed by atoms with E-state index >= 15 is 0 Å². The Bertz CT molecular complexity index is 1310. The molecule has 3 heterocycles. The number of hydrogen-bond acceptors (Lipinski definition) is 6. The fourth-order valence-corrected chi connectivity index (χ4v) is 6.09. The molecule has 1 amide bonds. The van der Waals surface area contributed by atoms with E-state index in [9.17, 15) is 13.2 Å². The smallest absolute Gasteiger partial charge is 0.274 e. The minimum Gasteiger partial charge on any atom is -0.385 e. The van der Waals surface area contributed by atoms with Gasteiger partial charge < -0.3 is 15.0 Å². The third-order valence-corrected chi connectivity index (χ3v) is 7.93. The maximum absolute atomic E-state index is 13.4. The zero-order valence-corrected chi connectivity index (χ0v) is 20.0. The van der Waals surface area contributed by atoms with Crippen LogP contribution in [0.5, 0.6) is 0 Å². The minimum atomic E-state index is -3.65. The Hall–Kier alpha value is -3.17. The Morgan fingerprint density at radius 1 is 1.12 bits per heavy atom. The highest BCUT2D eigenvalue weighted by Gasteiger charge is 2.37. The number of carbonyl (C=O) groups excluding carboxylic acids is 1. The SMILES string of the molecule is CCCCNc1ccc2c(c1)S(=O)(=O)Cc1c(C(=O)N3CCOCC3)nn(-c3ccccc3)c1-2. The molecule has 3 aromatic rings. The summed E-state index contributed by atoms with van der Waals surface area (Å²) in [5.74, 6) is -0.517. The van der Waals surface area contributed by atoms with Gasteiger partial charge in [0.05, 0.1) is 35.2 Å². The van der Waals surface area contributed by atoms with Gasteiger partial charge in [0.15, 0.2) is 15.5 Å². The van der Waals surface area contributed by atoms with Crippen LogP contribution >= 0.6 is 0 Å². The second kappa shape index (κ2) is 9.23. The average Bonchev–Trinajstić information content (AvgIpc) is 3.23. The Labute approximate surface area is 199 Å². The molecule has 2 aromatic carbocycles. The summed E-state index contributed by atoms with van der Waals surface area (Å²) in [6, 6.07) is 14.9. The van der Waals surface area contributed by atoms with Gasteiger partial charge in [0.1, 0.15) is 0 Å². The molecule has 1 aromatic heterocycles. The van der Waals surface area contributed by atoms with Gasteiger partial charge in [-0.3, -0.25) is 4.79 Å². The quantitative estimate of drug-likeness (QED) is 0.543. The molecule has 5 rings (SSSR count). The third kappa shape index (κ3) is 4.10. The van der Waals surface area contributed by atoms with Crippen molar-refractivity contribution in [3.05, 3.63) is 59.8 Å². The molecule has 1 N–H and O–H groups in total. The first-order chi connectivity index (χ1) is 16.5. The molecule has 0 aliphatic carbocycles. The fourth-order valence-electron chi connectivity index (χ4n) is 4.47. The summed E-state index contributed by atoms with van der Waals surface area (Å²) >= 11 is 0. The van der Waals surface area contributed by atoms with E-state index in [2.05, 4.69) is 17.3 Å². The Morgan fingerprint density at radius 3 is 2.62 bits per heavy atom. The van der Waals surface area contributed by atoms with Crippen molar-refractivity contribution in [3.8, 4) is 16.9 Å². The van der Waals surface area contributed by atoms with Gasteiger partial charge >= 0.3 is 0 Å². The summed E-state index contributed by atoms with van der Waals surface area (Å²) in [5.41, 5.74) is 3.43. The molecule has 34 heavy (non-hydrogen) atoms. The maximum Gasteiger partial charge on any atom is 0.274 e. The summed E-state index contributed by atoms with van der Waals surface area (Å²) in [7, 11) is -3.65.